The SMILES string of the molecule is CCN(CC)CCN(C(=O)CCOc1ccccc1)c1nc2ccc(Br)cc2s1. The van der Waals surface area contributed by atoms with Crippen LogP contribution in [-0.4, -0.2) is 48.6 Å². The van der Waals surface area contributed by atoms with Crippen LogP contribution in [0, 0.1) is 0 Å². The van der Waals surface area contributed by atoms with E-state index in [4.69, 9.17) is 9.72 Å². The molecule has 1 aromatic heterocycles. The molecule has 1 amide bonds. The molecule has 2 aromatic carbocycles. The Morgan fingerprint density at radius 2 is 1.86 bits per heavy atom. The fourth-order valence-electron chi connectivity index (χ4n) is 3.02. The second-order valence-corrected chi connectivity index (χ2v) is 8.52. The molecule has 7 heteroatoms. The van der Waals surface area contributed by atoms with Gasteiger partial charge in [0.2, 0.25) is 5.91 Å². The van der Waals surface area contributed by atoms with Crippen molar-refractivity contribution in [2.75, 3.05) is 37.7 Å². The molecule has 0 atom stereocenters. The third-order valence-electron chi connectivity index (χ3n) is 4.73. The average molecular weight is 476 g/mol. The fraction of sp³-hybridized carbons (Fsp3) is 0.364. The molecule has 0 aliphatic heterocycles. The van der Waals surface area contributed by atoms with E-state index in [2.05, 4.69) is 34.7 Å². The van der Waals surface area contributed by atoms with Gasteiger partial charge < -0.3 is 9.64 Å². The van der Waals surface area contributed by atoms with E-state index in [0.29, 0.717) is 19.6 Å². The van der Waals surface area contributed by atoms with E-state index in [1.165, 1.54) is 0 Å². The lowest BCUT2D eigenvalue weighted by Gasteiger charge is -2.24. The molecule has 5 nitrogen and oxygen atoms in total. The lowest BCUT2D eigenvalue weighted by Crippen LogP contribution is -2.39. The number of fused-ring (bicyclic) bond motifs is 1. The van der Waals surface area contributed by atoms with Crippen LogP contribution in [-0.2, 0) is 4.79 Å². The van der Waals surface area contributed by atoms with E-state index in [1.54, 1.807) is 11.3 Å². The van der Waals surface area contributed by atoms with Crippen LogP contribution >= 0.6 is 27.3 Å². The number of anilines is 1. The number of aromatic nitrogens is 1. The highest BCUT2D eigenvalue weighted by Gasteiger charge is 2.20. The van der Waals surface area contributed by atoms with Crippen LogP contribution in [0.2, 0.25) is 0 Å². The van der Waals surface area contributed by atoms with E-state index in [9.17, 15) is 4.79 Å². The summed E-state index contributed by atoms with van der Waals surface area (Å²) in [4.78, 5) is 21.9. The summed E-state index contributed by atoms with van der Waals surface area (Å²) < 4.78 is 7.80. The normalized spacial score (nSPS) is 11.2. The van der Waals surface area contributed by atoms with Gasteiger partial charge in [-0.05, 0) is 43.4 Å². The van der Waals surface area contributed by atoms with Crippen LogP contribution in [0.3, 0.4) is 0 Å². The van der Waals surface area contributed by atoms with Crippen molar-refractivity contribution in [1.29, 1.82) is 0 Å². The van der Waals surface area contributed by atoms with Crippen molar-refractivity contribution in [2.24, 2.45) is 0 Å². The molecule has 0 unspecified atom stereocenters. The number of rotatable bonds is 10. The molecule has 1 heterocycles. The molecule has 0 bridgehead atoms. The number of hydrogen-bond donors (Lipinski definition) is 0. The monoisotopic (exact) mass is 475 g/mol. The molecule has 3 rings (SSSR count). The summed E-state index contributed by atoms with van der Waals surface area (Å²) in [6.07, 6.45) is 0.312. The Labute approximate surface area is 184 Å². The highest BCUT2D eigenvalue weighted by molar-refractivity contribution is 9.10. The van der Waals surface area contributed by atoms with E-state index in [-0.39, 0.29) is 5.91 Å². The minimum absolute atomic E-state index is 0.0335. The molecular formula is C22H26BrN3O2S. The number of halogens is 1. The van der Waals surface area contributed by atoms with Crippen LogP contribution in [0.15, 0.2) is 53.0 Å². The molecule has 29 heavy (non-hydrogen) atoms. The van der Waals surface area contributed by atoms with Gasteiger partial charge in [-0.1, -0.05) is 59.3 Å². The Morgan fingerprint density at radius 3 is 2.59 bits per heavy atom. The number of nitrogens with zero attached hydrogens (tertiary/aromatic N) is 3. The first-order valence-corrected chi connectivity index (χ1v) is 11.5. The average Bonchev–Trinajstić information content (AvgIpc) is 3.14. The Kier molecular flexibility index (Phi) is 8.03. The standard InChI is InChI=1S/C22H26BrN3O2S/c1-3-25(4-2)13-14-26(21(27)12-15-28-18-8-6-5-7-9-18)22-24-19-11-10-17(23)16-20(19)29-22/h5-11,16H,3-4,12-15H2,1-2H3. The van der Waals surface area contributed by atoms with Gasteiger partial charge in [-0.25, -0.2) is 4.98 Å². The maximum atomic E-state index is 13.1. The quantitative estimate of drug-likeness (QED) is 0.404. The van der Waals surface area contributed by atoms with Gasteiger partial charge in [-0.2, -0.15) is 0 Å². The maximum Gasteiger partial charge on any atom is 0.232 e. The predicted octanol–water partition coefficient (Wildman–Crippen LogP) is 5.20. The number of amides is 1. The molecule has 0 N–H and O–H groups in total. The van der Waals surface area contributed by atoms with Gasteiger partial charge in [0, 0.05) is 17.6 Å². The fourth-order valence-corrected chi connectivity index (χ4v) is 4.58. The van der Waals surface area contributed by atoms with Crippen molar-refractivity contribution in [3.63, 3.8) is 0 Å². The van der Waals surface area contributed by atoms with Crippen molar-refractivity contribution >= 4 is 48.5 Å². The summed E-state index contributed by atoms with van der Waals surface area (Å²) in [6.45, 7) is 7.98. The summed E-state index contributed by atoms with van der Waals surface area (Å²) in [5, 5.41) is 0.745. The van der Waals surface area contributed by atoms with Gasteiger partial charge in [0.25, 0.3) is 0 Å². The molecule has 0 radical (unpaired) electrons. The number of likely N-dealkylation sites (N-methyl/N-ethyl adjacent to an activating group) is 1. The Bertz CT molecular complexity index is 928. The summed E-state index contributed by atoms with van der Waals surface area (Å²) in [5.74, 6) is 0.811. The molecule has 0 saturated heterocycles. The number of carbonyl (C=O) groups is 1. The van der Waals surface area contributed by atoms with Crippen LogP contribution in [0.4, 0.5) is 5.13 Å². The smallest absolute Gasteiger partial charge is 0.232 e. The third kappa shape index (κ3) is 6.01. The van der Waals surface area contributed by atoms with E-state index in [0.717, 1.165) is 45.2 Å². The lowest BCUT2D eigenvalue weighted by molar-refractivity contribution is -0.119. The summed E-state index contributed by atoms with van der Waals surface area (Å²) >= 11 is 5.06. The van der Waals surface area contributed by atoms with Crippen LogP contribution < -0.4 is 9.64 Å². The molecular weight excluding hydrogens is 450 g/mol. The Balaban J connectivity index is 1.72. The topological polar surface area (TPSA) is 45.7 Å². The molecule has 0 fully saturated rings. The van der Waals surface area contributed by atoms with E-state index in [1.807, 2.05) is 53.4 Å². The minimum atomic E-state index is 0.0335. The van der Waals surface area contributed by atoms with Gasteiger partial charge in [0.05, 0.1) is 23.2 Å². The zero-order valence-electron chi connectivity index (χ0n) is 16.8. The predicted molar refractivity (Wildman–Crippen MR) is 124 cm³/mol. The van der Waals surface area contributed by atoms with Crippen molar-refractivity contribution in [2.45, 2.75) is 20.3 Å². The number of para-hydroxylation sites is 1. The van der Waals surface area contributed by atoms with E-state index >= 15 is 0 Å². The molecule has 0 saturated carbocycles. The molecule has 0 spiro atoms. The van der Waals surface area contributed by atoms with Crippen molar-refractivity contribution < 1.29 is 9.53 Å². The molecule has 0 aliphatic carbocycles. The number of ether oxygens (including phenoxy) is 1. The number of benzene rings is 2. The number of carbonyl (C=O) groups excluding carboxylic acids is 1. The zero-order valence-corrected chi connectivity index (χ0v) is 19.2. The van der Waals surface area contributed by atoms with Gasteiger partial charge in [-0.15, -0.1) is 0 Å². The third-order valence-corrected chi connectivity index (χ3v) is 6.27. The van der Waals surface area contributed by atoms with Gasteiger partial charge in [0.15, 0.2) is 5.13 Å². The summed E-state index contributed by atoms with van der Waals surface area (Å²) in [6, 6.07) is 15.6. The summed E-state index contributed by atoms with van der Waals surface area (Å²) in [5.41, 5.74) is 0.911. The van der Waals surface area contributed by atoms with Crippen LogP contribution in [0.25, 0.3) is 10.2 Å². The molecule has 154 valence electrons. The number of thiazole rings is 1. The number of hydrogen-bond acceptors (Lipinski definition) is 5. The first-order valence-electron chi connectivity index (χ1n) is 9.87. The van der Waals surface area contributed by atoms with Gasteiger partial charge in [-0.3, -0.25) is 9.69 Å². The van der Waals surface area contributed by atoms with Crippen molar-refractivity contribution in [1.82, 2.24) is 9.88 Å². The highest BCUT2D eigenvalue weighted by atomic mass is 79.9. The maximum absolute atomic E-state index is 13.1. The second-order valence-electron chi connectivity index (χ2n) is 6.59. The Hall–Kier alpha value is -1.96. The first kappa shape index (κ1) is 21.7. The molecule has 3 aromatic rings. The van der Waals surface area contributed by atoms with Gasteiger partial charge in [0.1, 0.15) is 5.75 Å². The van der Waals surface area contributed by atoms with Crippen LogP contribution in [0.5, 0.6) is 5.75 Å². The van der Waals surface area contributed by atoms with Crippen LogP contribution in [0.1, 0.15) is 20.3 Å². The minimum Gasteiger partial charge on any atom is -0.493 e. The van der Waals surface area contributed by atoms with Crippen molar-refractivity contribution in [3.8, 4) is 5.75 Å². The zero-order chi connectivity index (χ0) is 20.6. The first-order chi connectivity index (χ1) is 14.1. The second kappa shape index (κ2) is 10.7. The summed E-state index contributed by atoms with van der Waals surface area (Å²) in [7, 11) is 0. The Morgan fingerprint density at radius 1 is 1.10 bits per heavy atom. The van der Waals surface area contributed by atoms with E-state index < -0.39 is 0 Å². The largest absolute Gasteiger partial charge is 0.493 e. The lowest BCUT2D eigenvalue weighted by atomic mass is 10.3. The highest BCUT2D eigenvalue weighted by Crippen LogP contribution is 2.31. The molecule has 0 aliphatic rings. The van der Waals surface area contributed by atoms with Gasteiger partial charge >= 0.3 is 0 Å². The van der Waals surface area contributed by atoms with Crippen molar-refractivity contribution in [3.05, 3.63) is 53.0 Å².